The summed E-state index contributed by atoms with van der Waals surface area (Å²) in [6.45, 7) is 7.68. The van der Waals surface area contributed by atoms with Gasteiger partial charge in [0, 0.05) is 30.1 Å². The lowest BCUT2D eigenvalue weighted by molar-refractivity contribution is 0.0764. The van der Waals surface area contributed by atoms with E-state index < -0.39 is 6.72 Å². The number of benzene rings is 2. The highest BCUT2D eigenvalue weighted by molar-refractivity contribution is 8.07. The van der Waals surface area contributed by atoms with Gasteiger partial charge in [0.1, 0.15) is 5.75 Å². The third-order valence-electron chi connectivity index (χ3n) is 4.90. The summed E-state index contributed by atoms with van der Waals surface area (Å²) in [7, 11) is 0. The molecule has 0 fully saturated rings. The number of rotatable bonds is 15. The van der Waals surface area contributed by atoms with Crippen LogP contribution in [-0.4, -0.2) is 36.4 Å². The molecule has 0 saturated carbocycles. The molecule has 0 heterocycles. The minimum absolute atomic E-state index is 0.0317. The summed E-state index contributed by atoms with van der Waals surface area (Å²) in [6.07, 6.45) is 6.51. The van der Waals surface area contributed by atoms with E-state index in [1.165, 1.54) is 5.01 Å². The average molecular weight is 503 g/mol. The fraction of sp³-hybridized carbons (Fsp3) is 0.385. The zero-order chi connectivity index (χ0) is 24.8. The molecule has 2 atom stereocenters. The van der Waals surface area contributed by atoms with E-state index in [1.54, 1.807) is 24.4 Å². The summed E-state index contributed by atoms with van der Waals surface area (Å²) in [4.78, 5) is 12.7. The molecule has 0 saturated heterocycles. The Kier molecular flexibility index (Phi) is 12.2. The standard InChI is InChI=1S/C26H35N2O4PS/c1-5-8-21-28(26(29)24-14-10-9-11-15-24)27-20-12-13-23-16-18-25(19-17-23)32-33(34,30-7-3)31-22(4)6-2/h5,9-11,14-20,22H,1,6-8,12-13,21H2,2-4H3. The molecule has 0 aliphatic carbocycles. The monoisotopic (exact) mass is 502 g/mol. The van der Waals surface area contributed by atoms with Crippen LogP contribution in [0.4, 0.5) is 0 Å². The lowest BCUT2D eigenvalue weighted by atomic mass is 10.1. The van der Waals surface area contributed by atoms with Crippen LogP contribution in [0.3, 0.4) is 0 Å². The first-order chi connectivity index (χ1) is 16.4. The van der Waals surface area contributed by atoms with Crippen LogP contribution in [0.2, 0.25) is 0 Å². The molecule has 8 heteroatoms. The number of nitrogens with zero attached hydrogens (tertiary/aromatic N) is 2. The Bertz CT molecular complexity index is 967. The van der Waals surface area contributed by atoms with E-state index in [1.807, 2.05) is 63.2 Å². The van der Waals surface area contributed by atoms with E-state index in [0.717, 1.165) is 18.4 Å². The van der Waals surface area contributed by atoms with Gasteiger partial charge in [0.15, 0.2) is 0 Å². The largest absolute Gasteiger partial charge is 0.424 e. The molecular weight excluding hydrogens is 467 g/mol. The Labute approximate surface area is 208 Å². The van der Waals surface area contributed by atoms with Gasteiger partial charge in [-0.3, -0.25) is 13.8 Å². The maximum atomic E-state index is 12.7. The van der Waals surface area contributed by atoms with Gasteiger partial charge in [-0.25, -0.2) is 5.01 Å². The van der Waals surface area contributed by atoms with Gasteiger partial charge in [0.25, 0.3) is 5.91 Å². The van der Waals surface area contributed by atoms with Gasteiger partial charge < -0.3 is 4.52 Å². The lowest BCUT2D eigenvalue weighted by Crippen LogP contribution is -2.27. The Balaban J connectivity index is 1.95. The topological polar surface area (TPSA) is 60.4 Å². The summed E-state index contributed by atoms with van der Waals surface area (Å²) in [5.74, 6) is 0.506. The van der Waals surface area contributed by atoms with Crippen LogP contribution in [0.25, 0.3) is 0 Å². The summed E-state index contributed by atoms with van der Waals surface area (Å²) < 4.78 is 17.4. The molecule has 0 spiro atoms. The molecule has 184 valence electrons. The molecule has 2 aromatic rings. The first-order valence-corrected chi connectivity index (χ1v) is 14.2. The zero-order valence-corrected chi connectivity index (χ0v) is 22.0. The van der Waals surface area contributed by atoms with Crippen molar-refractivity contribution in [2.45, 2.75) is 52.6 Å². The molecule has 0 aliphatic heterocycles. The third-order valence-corrected chi connectivity index (χ3v) is 7.32. The molecule has 0 aliphatic rings. The molecule has 0 bridgehead atoms. The van der Waals surface area contributed by atoms with Crippen LogP contribution in [0, 0.1) is 0 Å². The van der Waals surface area contributed by atoms with E-state index in [0.29, 0.717) is 37.3 Å². The zero-order valence-electron chi connectivity index (χ0n) is 20.3. The number of hydrogen-bond donors (Lipinski definition) is 0. The van der Waals surface area contributed by atoms with Crippen LogP contribution < -0.4 is 4.52 Å². The Hall–Kier alpha value is -2.31. The number of amides is 1. The minimum Gasteiger partial charge on any atom is -0.424 e. The number of aryl methyl sites for hydroxylation is 1. The van der Waals surface area contributed by atoms with Crippen molar-refractivity contribution in [3.05, 3.63) is 78.4 Å². The average Bonchev–Trinajstić information content (AvgIpc) is 2.84. The Morgan fingerprint density at radius 2 is 1.85 bits per heavy atom. The molecule has 0 radical (unpaired) electrons. The molecule has 6 nitrogen and oxygen atoms in total. The highest BCUT2D eigenvalue weighted by atomic mass is 32.5. The van der Waals surface area contributed by atoms with Crippen LogP contribution in [0.15, 0.2) is 72.4 Å². The molecule has 34 heavy (non-hydrogen) atoms. The SMILES string of the molecule is C=CCCN(N=CCCc1ccc(OP(=S)(OCC)OC(C)CC)cc1)C(=O)c1ccccc1. The predicted octanol–water partition coefficient (Wildman–Crippen LogP) is 6.78. The molecule has 2 aromatic carbocycles. The minimum atomic E-state index is -2.84. The highest BCUT2D eigenvalue weighted by Gasteiger charge is 2.24. The Morgan fingerprint density at radius 1 is 1.15 bits per heavy atom. The van der Waals surface area contributed by atoms with Crippen molar-refractivity contribution in [2.75, 3.05) is 13.2 Å². The van der Waals surface area contributed by atoms with Crippen LogP contribution in [-0.2, 0) is 27.3 Å². The summed E-state index contributed by atoms with van der Waals surface area (Å²) in [6, 6.07) is 16.9. The van der Waals surface area contributed by atoms with E-state index in [4.69, 9.17) is 25.4 Å². The fourth-order valence-corrected chi connectivity index (χ4v) is 5.38. The maximum Gasteiger partial charge on any atom is 0.380 e. The first kappa shape index (κ1) is 27.9. The van der Waals surface area contributed by atoms with Gasteiger partial charge in [0.05, 0.1) is 12.7 Å². The molecule has 0 N–H and O–H groups in total. The number of carbonyl (C=O) groups is 1. The second-order valence-corrected chi connectivity index (χ2v) is 10.5. The van der Waals surface area contributed by atoms with Crippen LogP contribution >= 0.6 is 6.72 Å². The lowest BCUT2D eigenvalue weighted by Gasteiger charge is -2.24. The number of carbonyl (C=O) groups excluding carboxylic acids is 1. The van der Waals surface area contributed by atoms with Crippen LogP contribution in [0.5, 0.6) is 5.75 Å². The van der Waals surface area contributed by atoms with Crippen molar-refractivity contribution in [3.8, 4) is 5.75 Å². The molecule has 0 aromatic heterocycles. The fourth-order valence-electron chi connectivity index (χ4n) is 2.92. The highest BCUT2D eigenvalue weighted by Crippen LogP contribution is 2.51. The molecule has 1 amide bonds. The van der Waals surface area contributed by atoms with Gasteiger partial charge in [-0.05, 0) is 69.4 Å². The van der Waals surface area contributed by atoms with Gasteiger partial charge in [0.2, 0.25) is 0 Å². The Morgan fingerprint density at radius 3 is 2.47 bits per heavy atom. The van der Waals surface area contributed by atoms with Crippen LogP contribution in [0.1, 0.15) is 56.0 Å². The summed E-state index contributed by atoms with van der Waals surface area (Å²) in [5, 5.41) is 5.91. The quantitative estimate of drug-likeness (QED) is 0.116. The van der Waals surface area contributed by atoms with E-state index in [9.17, 15) is 4.79 Å². The second kappa shape index (κ2) is 14.8. The summed E-state index contributed by atoms with van der Waals surface area (Å²) in [5.41, 5.74) is 1.74. The van der Waals surface area contributed by atoms with Gasteiger partial charge in [-0.15, -0.1) is 6.58 Å². The first-order valence-electron chi connectivity index (χ1n) is 11.6. The van der Waals surface area contributed by atoms with Gasteiger partial charge >= 0.3 is 6.72 Å². The van der Waals surface area contributed by atoms with Crippen molar-refractivity contribution < 1.29 is 18.4 Å². The van der Waals surface area contributed by atoms with Gasteiger partial charge in [-0.1, -0.05) is 43.3 Å². The van der Waals surface area contributed by atoms with E-state index in [2.05, 4.69) is 11.7 Å². The second-order valence-electron chi connectivity index (χ2n) is 7.63. The molecular formula is C26H35N2O4PS. The van der Waals surface area contributed by atoms with Gasteiger partial charge in [-0.2, -0.15) is 5.10 Å². The van der Waals surface area contributed by atoms with Crippen molar-refractivity contribution in [3.63, 3.8) is 0 Å². The van der Waals surface area contributed by atoms with Crippen molar-refractivity contribution in [1.29, 1.82) is 0 Å². The predicted molar refractivity (Wildman–Crippen MR) is 143 cm³/mol. The van der Waals surface area contributed by atoms with Crippen molar-refractivity contribution >= 4 is 30.6 Å². The third kappa shape index (κ3) is 9.51. The molecule has 2 unspecified atom stereocenters. The molecule has 2 rings (SSSR count). The summed E-state index contributed by atoms with van der Waals surface area (Å²) >= 11 is 5.54. The number of hydrazone groups is 1. The van der Waals surface area contributed by atoms with E-state index in [-0.39, 0.29) is 12.0 Å². The normalized spacial score (nSPS) is 13.9. The number of hydrogen-bond acceptors (Lipinski definition) is 6. The smallest absolute Gasteiger partial charge is 0.380 e. The van der Waals surface area contributed by atoms with Crippen molar-refractivity contribution in [1.82, 2.24) is 5.01 Å². The van der Waals surface area contributed by atoms with E-state index >= 15 is 0 Å². The maximum absolute atomic E-state index is 12.7. The van der Waals surface area contributed by atoms with Crippen molar-refractivity contribution in [2.24, 2.45) is 5.10 Å².